The lowest BCUT2D eigenvalue weighted by Crippen LogP contribution is -2.51. The lowest BCUT2D eigenvalue weighted by Gasteiger charge is -2.38. The SMILES string of the molecule is Cc1ccsc1C(=O)N(C)C1CCCN(C(=O)OC(C)(C)C)C1. The molecule has 128 valence electrons. The van der Waals surface area contributed by atoms with Gasteiger partial charge in [0.1, 0.15) is 5.60 Å². The smallest absolute Gasteiger partial charge is 0.410 e. The van der Waals surface area contributed by atoms with Crippen molar-refractivity contribution < 1.29 is 14.3 Å². The monoisotopic (exact) mass is 338 g/mol. The van der Waals surface area contributed by atoms with Crippen molar-refractivity contribution >= 4 is 23.3 Å². The number of hydrogen-bond donors (Lipinski definition) is 0. The van der Waals surface area contributed by atoms with Crippen molar-refractivity contribution in [3.8, 4) is 0 Å². The van der Waals surface area contributed by atoms with Gasteiger partial charge in [0, 0.05) is 26.2 Å². The van der Waals surface area contributed by atoms with E-state index in [2.05, 4.69) is 0 Å². The van der Waals surface area contributed by atoms with Gasteiger partial charge in [-0.05, 0) is 57.5 Å². The van der Waals surface area contributed by atoms with Crippen LogP contribution in [0.2, 0.25) is 0 Å². The third-order valence-corrected chi connectivity index (χ3v) is 4.98. The maximum absolute atomic E-state index is 12.6. The first-order chi connectivity index (χ1) is 10.7. The van der Waals surface area contributed by atoms with Gasteiger partial charge in [0.25, 0.3) is 5.91 Å². The van der Waals surface area contributed by atoms with Gasteiger partial charge in [-0.15, -0.1) is 11.3 Å². The van der Waals surface area contributed by atoms with Crippen molar-refractivity contribution in [2.75, 3.05) is 20.1 Å². The summed E-state index contributed by atoms with van der Waals surface area (Å²) in [6.45, 7) is 8.75. The van der Waals surface area contributed by atoms with Gasteiger partial charge in [0.2, 0.25) is 0 Å². The molecule has 0 aromatic carbocycles. The summed E-state index contributed by atoms with van der Waals surface area (Å²) in [6, 6.07) is 1.99. The molecule has 1 unspecified atom stereocenters. The average molecular weight is 338 g/mol. The van der Waals surface area contributed by atoms with E-state index in [1.807, 2.05) is 46.2 Å². The Labute approximate surface area is 142 Å². The minimum atomic E-state index is -0.500. The molecule has 0 bridgehead atoms. The van der Waals surface area contributed by atoms with Crippen molar-refractivity contribution in [2.24, 2.45) is 0 Å². The van der Waals surface area contributed by atoms with Gasteiger partial charge >= 0.3 is 6.09 Å². The van der Waals surface area contributed by atoms with E-state index in [4.69, 9.17) is 4.74 Å². The predicted octanol–water partition coefficient (Wildman–Crippen LogP) is 3.53. The molecule has 0 radical (unpaired) electrons. The first-order valence-corrected chi connectivity index (χ1v) is 8.86. The van der Waals surface area contributed by atoms with Crippen LogP contribution in [0.25, 0.3) is 0 Å². The Morgan fingerprint density at radius 3 is 2.65 bits per heavy atom. The summed E-state index contributed by atoms with van der Waals surface area (Å²) in [5, 5.41) is 1.93. The molecule has 1 saturated heterocycles. The molecule has 1 aliphatic heterocycles. The van der Waals surface area contributed by atoms with Gasteiger partial charge in [-0.25, -0.2) is 4.79 Å². The minimum Gasteiger partial charge on any atom is -0.444 e. The largest absolute Gasteiger partial charge is 0.444 e. The van der Waals surface area contributed by atoms with Crippen LogP contribution >= 0.6 is 11.3 Å². The first-order valence-electron chi connectivity index (χ1n) is 7.98. The third kappa shape index (κ3) is 4.47. The maximum atomic E-state index is 12.6. The van der Waals surface area contributed by atoms with Crippen LogP contribution in [0.1, 0.15) is 48.8 Å². The number of aryl methyl sites for hydroxylation is 1. The standard InChI is InChI=1S/C17H26N2O3S/c1-12-8-10-23-14(12)15(20)18(5)13-7-6-9-19(11-13)16(21)22-17(2,3)4/h8,10,13H,6-7,9,11H2,1-5H3. The second kappa shape index (κ2) is 6.91. The number of rotatable bonds is 2. The van der Waals surface area contributed by atoms with Gasteiger partial charge in [0.15, 0.2) is 0 Å². The van der Waals surface area contributed by atoms with Crippen LogP contribution in [-0.2, 0) is 4.74 Å². The van der Waals surface area contributed by atoms with Crippen LogP contribution in [0.4, 0.5) is 4.79 Å². The second-order valence-electron chi connectivity index (χ2n) is 7.07. The quantitative estimate of drug-likeness (QED) is 0.829. The van der Waals surface area contributed by atoms with Crippen LogP contribution in [-0.4, -0.2) is 53.6 Å². The van der Waals surface area contributed by atoms with E-state index in [0.717, 1.165) is 23.3 Å². The molecule has 1 atom stereocenters. The average Bonchev–Trinajstić information content (AvgIpc) is 2.90. The van der Waals surface area contributed by atoms with Crippen LogP contribution < -0.4 is 0 Å². The molecular formula is C17H26N2O3S. The number of thiophene rings is 1. The molecular weight excluding hydrogens is 312 g/mol. The number of nitrogens with zero attached hydrogens (tertiary/aromatic N) is 2. The van der Waals surface area contributed by atoms with E-state index in [9.17, 15) is 9.59 Å². The van der Waals surface area contributed by atoms with E-state index < -0.39 is 5.60 Å². The van der Waals surface area contributed by atoms with Gasteiger partial charge in [0.05, 0.1) is 4.88 Å². The number of piperidine rings is 1. The summed E-state index contributed by atoms with van der Waals surface area (Å²) in [5.41, 5.74) is 0.506. The summed E-state index contributed by atoms with van der Waals surface area (Å²) >= 11 is 1.47. The molecule has 1 aromatic rings. The zero-order chi connectivity index (χ0) is 17.2. The van der Waals surface area contributed by atoms with Gasteiger partial charge < -0.3 is 14.5 Å². The summed E-state index contributed by atoms with van der Waals surface area (Å²) in [6.07, 6.45) is 1.49. The fraction of sp³-hybridized carbons (Fsp3) is 0.647. The molecule has 5 nitrogen and oxygen atoms in total. The van der Waals surface area contributed by atoms with Crippen molar-refractivity contribution in [1.82, 2.24) is 9.80 Å². The van der Waals surface area contributed by atoms with Crippen LogP contribution in [0.15, 0.2) is 11.4 Å². The highest BCUT2D eigenvalue weighted by molar-refractivity contribution is 7.12. The van der Waals surface area contributed by atoms with E-state index >= 15 is 0 Å². The van der Waals surface area contributed by atoms with Crippen LogP contribution in [0.5, 0.6) is 0 Å². The summed E-state index contributed by atoms with van der Waals surface area (Å²) < 4.78 is 5.44. The second-order valence-corrected chi connectivity index (χ2v) is 7.99. The Bertz CT molecular complexity index is 577. The maximum Gasteiger partial charge on any atom is 0.410 e. The molecule has 1 aromatic heterocycles. The van der Waals surface area contributed by atoms with Crippen molar-refractivity contribution in [3.05, 3.63) is 21.9 Å². The van der Waals surface area contributed by atoms with E-state index in [0.29, 0.717) is 13.1 Å². The lowest BCUT2D eigenvalue weighted by atomic mass is 10.0. The highest BCUT2D eigenvalue weighted by Crippen LogP contribution is 2.22. The third-order valence-electron chi connectivity index (χ3n) is 3.97. The fourth-order valence-electron chi connectivity index (χ4n) is 2.68. The van der Waals surface area contributed by atoms with E-state index in [-0.39, 0.29) is 18.0 Å². The zero-order valence-corrected chi connectivity index (χ0v) is 15.4. The van der Waals surface area contributed by atoms with Gasteiger partial charge in [-0.1, -0.05) is 0 Å². The highest BCUT2D eigenvalue weighted by Gasteiger charge is 2.31. The van der Waals surface area contributed by atoms with Crippen molar-refractivity contribution in [1.29, 1.82) is 0 Å². The normalized spacial score (nSPS) is 18.7. The minimum absolute atomic E-state index is 0.0327. The fourth-order valence-corrected chi connectivity index (χ4v) is 3.59. The number of carbonyl (C=O) groups is 2. The lowest BCUT2D eigenvalue weighted by molar-refractivity contribution is 0.0123. The molecule has 2 amide bonds. The molecule has 0 saturated carbocycles. The number of carbonyl (C=O) groups excluding carboxylic acids is 2. The van der Waals surface area contributed by atoms with Gasteiger partial charge in [-0.3, -0.25) is 4.79 Å². The molecule has 23 heavy (non-hydrogen) atoms. The molecule has 6 heteroatoms. The summed E-state index contributed by atoms with van der Waals surface area (Å²) in [5.74, 6) is 0.0357. The molecule has 0 aliphatic carbocycles. The van der Waals surface area contributed by atoms with Crippen LogP contribution in [0.3, 0.4) is 0 Å². The first kappa shape index (κ1) is 17.8. The van der Waals surface area contributed by atoms with Gasteiger partial charge in [-0.2, -0.15) is 0 Å². The Balaban J connectivity index is 2.02. The predicted molar refractivity (Wildman–Crippen MR) is 92.0 cm³/mol. The molecule has 0 N–H and O–H groups in total. The highest BCUT2D eigenvalue weighted by atomic mass is 32.1. The Hall–Kier alpha value is -1.56. The molecule has 2 rings (SSSR count). The van der Waals surface area contributed by atoms with Crippen molar-refractivity contribution in [2.45, 2.75) is 52.2 Å². The summed E-state index contributed by atoms with van der Waals surface area (Å²) in [4.78, 5) is 29.1. The number of amides is 2. The number of ether oxygens (including phenoxy) is 1. The summed E-state index contributed by atoms with van der Waals surface area (Å²) in [7, 11) is 1.82. The van der Waals surface area contributed by atoms with Crippen molar-refractivity contribution in [3.63, 3.8) is 0 Å². The Kier molecular flexibility index (Phi) is 5.34. The Morgan fingerprint density at radius 1 is 1.39 bits per heavy atom. The number of likely N-dealkylation sites (tertiary alicyclic amines) is 1. The molecule has 2 heterocycles. The van der Waals surface area contributed by atoms with E-state index in [1.54, 1.807) is 9.80 Å². The van der Waals surface area contributed by atoms with Crippen LogP contribution in [0, 0.1) is 6.92 Å². The van der Waals surface area contributed by atoms with E-state index in [1.165, 1.54) is 11.3 Å². The Morgan fingerprint density at radius 2 is 2.09 bits per heavy atom. The zero-order valence-electron chi connectivity index (χ0n) is 14.6. The number of hydrogen-bond acceptors (Lipinski definition) is 4. The molecule has 0 spiro atoms. The topological polar surface area (TPSA) is 49.9 Å². The molecule has 1 fully saturated rings. The molecule has 1 aliphatic rings. The number of likely N-dealkylation sites (N-methyl/N-ethyl adjacent to an activating group) is 1.